The lowest BCUT2D eigenvalue weighted by Crippen LogP contribution is -2.09. The molecule has 0 saturated heterocycles. The van der Waals surface area contributed by atoms with E-state index in [9.17, 15) is 28.1 Å². The number of hydrogen-bond acceptors (Lipinski definition) is 5. The second kappa shape index (κ2) is 6.67. The fourth-order valence-electron chi connectivity index (χ4n) is 2.61. The molecule has 0 atom stereocenters. The average molecular weight is 376 g/mol. The highest BCUT2D eigenvalue weighted by Gasteiger charge is 2.33. The van der Waals surface area contributed by atoms with Gasteiger partial charge in [-0.15, -0.1) is 0 Å². The summed E-state index contributed by atoms with van der Waals surface area (Å²) < 4.78 is 44.3. The molecule has 0 aromatic heterocycles. The number of ether oxygens (including phenoxy) is 1. The van der Waals surface area contributed by atoms with Gasteiger partial charge >= 0.3 is 12.1 Å². The van der Waals surface area contributed by atoms with Gasteiger partial charge in [0.15, 0.2) is 5.70 Å². The van der Waals surface area contributed by atoms with E-state index in [0.717, 1.165) is 12.1 Å². The third-order valence-electron chi connectivity index (χ3n) is 3.91. The van der Waals surface area contributed by atoms with Crippen molar-refractivity contribution in [1.82, 2.24) is 0 Å². The molecule has 0 N–H and O–H groups in total. The van der Waals surface area contributed by atoms with E-state index < -0.39 is 22.6 Å². The number of nitro benzene ring substituents is 1. The van der Waals surface area contributed by atoms with Crippen molar-refractivity contribution in [2.75, 3.05) is 0 Å². The fraction of sp³-hybridized carbons (Fsp3) is 0.111. The Morgan fingerprint density at radius 3 is 2.52 bits per heavy atom. The maximum absolute atomic E-state index is 13.1. The third kappa shape index (κ3) is 3.57. The van der Waals surface area contributed by atoms with Gasteiger partial charge in [-0.05, 0) is 30.7 Å². The third-order valence-corrected chi connectivity index (χ3v) is 3.91. The minimum absolute atomic E-state index is 0.189. The Kier molecular flexibility index (Phi) is 4.52. The Hall–Kier alpha value is -3.49. The van der Waals surface area contributed by atoms with Crippen molar-refractivity contribution in [3.63, 3.8) is 0 Å². The van der Waals surface area contributed by atoms with E-state index in [2.05, 4.69) is 4.99 Å². The molecule has 27 heavy (non-hydrogen) atoms. The Balaban J connectivity index is 2.06. The summed E-state index contributed by atoms with van der Waals surface area (Å²) in [5, 5.41) is 11.0. The van der Waals surface area contributed by atoms with Gasteiger partial charge in [-0.1, -0.05) is 24.3 Å². The Labute approximate surface area is 150 Å². The zero-order valence-corrected chi connectivity index (χ0v) is 13.8. The first-order chi connectivity index (χ1) is 12.7. The molecule has 0 saturated carbocycles. The molecule has 3 rings (SSSR count). The van der Waals surface area contributed by atoms with Crippen molar-refractivity contribution < 1.29 is 27.6 Å². The number of nitrogens with zero attached hydrogens (tertiary/aromatic N) is 2. The van der Waals surface area contributed by atoms with Gasteiger partial charge in [-0.3, -0.25) is 10.1 Å². The van der Waals surface area contributed by atoms with Crippen LogP contribution in [0.1, 0.15) is 22.3 Å². The summed E-state index contributed by atoms with van der Waals surface area (Å²) in [7, 11) is 0. The van der Waals surface area contributed by atoms with Gasteiger partial charge in [0.25, 0.3) is 5.69 Å². The number of esters is 1. The number of rotatable bonds is 3. The lowest BCUT2D eigenvalue weighted by atomic mass is 10.1. The van der Waals surface area contributed by atoms with Gasteiger partial charge in [0.2, 0.25) is 5.90 Å². The summed E-state index contributed by atoms with van der Waals surface area (Å²) in [6, 6.07) is 8.89. The molecule has 1 heterocycles. The Bertz CT molecular complexity index is 1010. The highest BCUT2D eigenvalue weighted by Crippen LogP contribution is 2.33. The van der Waals surface area contributed by atoms with Crippen LogP contribution in [0.5, 0.6) is 0 Å². The molecular weight excluding hydrogens is 365 g/mol. The molecule has 9 heteroatoms. The second-order valence-electron chi connectivity index (χ2n) is 5.63. The first kappa shape index (κ1) is 18.3. The smallest absolute Gasteiger partial charge is 0.402 e. The van der Waals surface area contributed by atoms with Crippen molar-refractivity contribution in [1.29, 1.82) is 0 Å². The molecule has 0 radical (unpaired) electrons. The van der Waals surface area contributed by atoms with E-state index in [1.165, 1.54) is 43.3 Å². The monoisotopic (exact) mass is 376 g/mol. The van der Waals surface area contributed by atoms with E-state index in [4.69, 9.17) is 4.74 Å². The minimum atomic E-state index is -4.60. The number of cyclic esters (lactones) is 1. The van der Waals surface area contributed by atoms with Crippen LogP contribution in [0.4, 0.5) is 18.9 Å². The molecule has 0 fully saturated rings. The molecule has 1 aliphatic rings. The van der Waals surface area contributed by atoms with Crippen LogP contribution in [0, 0.1) is 17.0 Å². The number of aliphatic imine (C=N–C) groups is 1. The molecule has 6 nitrogen and oxygen atoms in total. The fourth-order valence-corrected chi connectivity index (χ4v) is 2.61. The number of carbonyl (C=O) groups is 1. The summed E-state index contributed by atoms with van der Waals surface area (Å²) in [4.78, 5) is 26.4. The maximum Gasteiger partial charge on any atom is 0.416 e. The van der Waals surface area contributed by atoms with Crippen LogP contribution in [0.15, 0.2) is 53.2 Å². The molecule has 0 spiro atoms. The van der Waals surface area contributed by atoms with Crippen molar-refractivity contribution in [2.24, 2.45) is 4.99 Å². The molecule has 0 bridgehead atoms. The van der Waals surface area contributed by atoms with Gasteiger partial charge < -0.3 is 4.74 Å². The first-order valence-electron chi connectivity index (χ1n) is 7.61. The molecular formula is C18H11F3N2O4. The van der Waals surface area contributed by atoms with E-state index in [0.29, 0.717) is 0 Å². The SMILES string of the molecule is Cc1c(C2=N/C(=C/c3ccccc3C(F)(F)F)C(=O)O2)cccc1[N+](=O)[O-]. The van der Waals surface area contributed by atoms with Gasteiger partial charge in [0.1, 0.15) is 0 Å². The van der Waals surface area contributed by atoms with Crippen molar-refractivity contribution in [3.8, 4) is 0 Å². The van der Waals surface area contributed by atoms with Crippen LogP contribution in [-0.4, -0.2) is 16.8 Å². The lowest BCUT2D eigenvalue weighted by Gasteiger charge is -2.09. The van der Waals surface area contributed by atoms with Gasteiger partial charge in [0, 0.05) is 17.2 Å². The molecule has 138 valence electrons. The van der Waals surface area contributed by atoms with Crippen LogP contribution in [-0.2, 0) is 15.7 Å². The van der Waals surface area contributed by atoms with Crippen LogP contribution in [0.3, 0.4) is 0 Å². The lowest BCUT2D eigenvalue weighted by molar-refractivity contribution is -0.385. The number of alkyl halides is 3. The number of halogens is 3. The van der Waals surface area contributed by atoms with E-state index in [1.54, 1.807) is 0 Å². The number of hydrogen-bond donors (Lipinski definition) is 0. The summed E-state index contributed by atoms with van der Waals surface area (Å²) >= 11 is 0. The standard InChI is InChI=1S/C18H11F3N2O4/c1-10-12(6-4-8-15(10)23(25)26)16-22-14(17(24)27-16)9-11-5-2-3-7-13(11)18(19,20)21/h2-9H,1H3/b14-9+. The molecule has 1 aliphatic heterocycles. The number of carbonyl (C=O) groups excluding carboxylic acids is 1. The van der Waals surface area contributed by atoms with Crippen LogP contribution < -0.4 is 0 Å². The molecule has 0 unspecified atom stereocenters. The first-order valence-corrected chi connectivity index (χ1v) is 7.61. The van der Waals surface area contributed by atoms with E-state index >= 15 is 0 Å². The Morgan fingerprint density at radius 1 is 1.15 bits per heavy atom. The molecule has 0 aliphatic carbocycles. The predicted octanol–water partition coefficient (Wildman–Crippen LogP) is 4.27. The number of benzene rings is 2. The second-order valence-corrected chi connectivity index (χ2v) is 5.63. The highest BCUT2D eigenvalue weighted by atomic mass is 19.4. The maximum atomic E-state index is 13.1. The Morgan fingerprint density at radius 2 is 1.85 bits per heavy atom. The summed E-state index contributed by atoms with van der Waals surface area (Å²) in [6.07, 6.45) is -3.62. The van der Waals surface area contributed by atoms with E-state index in [-0.39, 0.29) is 34.0 Å². The topological polar surface area (TPSA) is 81.8 Å². The van der Waals surface area contributed by atoms with Crippen molar-refractivity contribution in [2.45, 2.75) is 13.1 Å². The normalized spacial score (nSPS) is 15.6. The van der Waals surface area contributed by atoms with Crippen LogP contribution >= 0.6 is 0 Å². The van der Waals surface area contributed by atoms with E-state index in [1.807, 2.05) is 0 Å². The quantitative estimate of drug-likeness (QED) is 0.347. The highest BCUT2D eigenvalue weighted by molar-refractivity contribution is 6.13. The summed E-state index contributed by atoms with van der Waals surface area (Å²) in [5.41, 5.74) is -1.23. The molecule has 2 aromatic rings. The van der Waals surface area contributed by atoms with Crippen LogP contribution in [0.2, 0.25) is 0 Å². The van der Waals surface area contributed by atoms with Crippen molar-refractivity contribution in [3.05, 3.63) is 80.5 Å². The zero-order chi connectivity index (χ0) is 19.8. The molecule has 0 amide bonds. The average Bonchev–Trinajstić information content (AvgIpc) is 2.95. The zero-order valence-electron chi connectivity index (χ0n) is 13.8. The number of nitro groups is 1. The largest absolute Gasteiger partial charge is 0.416 e. The van der Waals surface area contributed by atoms with Crippen molar-refractivity contribution >= 4 is 23.6 Å². The van der Waals surface area contributed by atoms with Crippen LogP contribution in [0.25, 0.3) is 6.08 Å². The van der Waals surface area contributed by atoms with Gasteiger partial charge in [0.05, 0.1) is 10.5 Å². The predicted molar refractivity (Wildman–Crippen MR) is 89.9 cm³/mol. The minimum Gasteiger partial charge on any atom is -0.402 e. The molecule has 2 aromatic carbocycles. The van der Waals surface area contributed by atoms with Gasteiger partial charge in [-0.25, -0.2) is 9.79 Å². The van der Waals surface area contributed by atoms with Gasteiger partial charge in [-0.2, -0.15) is 13.2 Å². The summed E-state index contributed by atoms with van der Waals surface area (Å²) in [6.45, 7) is 1.46. The summed E-state index contributed by atoms with van der Waals surface area (Å²) in [5.74, 6) is -1.13.